The number of nitrogens with two attached hydrogens (primary N) is 1. The van der Waals surface area contributed by atoms with Crippen molar-refractivity contribution < 1.29 is 32.2 Å². The molecule has 0 saturated carbocycles. The van der Waals surface area contributed by atoms with Gasteiger partial charge in [0, 0.05) is 18.8 Å². The Kier molecular flexibility index (Phi) is 7.68. The number of ether oxygens (including phenoxy) is 4. The number of amides is 1. The van der Waals surface area contributed by atoms with Crippen molar-refractivity contribution in [1.29, 1.82) is 0 Å². The lowest BCUT2D eigenvalue weighted by molar-refractivity contribution is -0.0907. The predicted octanol–water partition coefficient (Wildman–Crippen LogP) is 2.15. The van der Waals surface area contributed by atoms with Gasteiger partial charge in [-0.25, -0.2) is 13.2 Å². The van der Waals surface area contributed by atoms with Gasteiger partial charge in [0.1, 0.15) is 6.10 Å². The van der Waals surface area contributed by atoms with Crippen molar-refractivity contribution in [2.45, 2.75) is 55.3 Å². The van der Waals surface area contributed by atoms with E-state index in [1.54, 1.807) is 12.1 Å². The number of nitrogen functional groups attached to an aromatic ring is 1. The number of morpholine rings is 1. The monoisotopic (exact) mass is 531 g/mol. The zero-order chi connectivity index (χ0) is 26.0. The number of anilines is 1. The Morgan fingerprint density at radius 2 is 1.89 bits per heavy atom. The summed E-state index contributed by atoms with van der Waals surface area (Å²) in [6.45, 7) is 2.98. The fourth-order valence-electron chi connectivity index (χ4n) is 5.17. The third kappa shape index (κ3) is 5.91. The number of fused-ring (bicyclic) bond motifs is 1. The number of hydrogen-bond donors (Lipinski definition) is 2. The summed E-state index contributed by atoms with van der Waals surface area (Å²) in [7, 11) is -3.78. The van der Waals surface area contributed by atoms with Crippen LogP contribution in [-0.2, 0) is 35.4 Å². The number of rotatable bonds is 7. The fourth-order valence-corrected chi connectivity index (χ4v) is 6.70. The Hall–Kier alpha value is -2.70. The van der Waals surface area contributed by atoms with Crippen molar-refractivity contribution in [2.75, 3.05) is 32.0 Å². The first-order chi connectivity index (χ1) is 17.8. The summed E-state index contributed by atoms with van der Waals surface area (Å²) in [4.78, 5) is 13.2. The quantitative estimate of drug-likeness (QED) is 0.520. The molecule has 0 bridgehead atoms. The van der Waals surface area contributed by atoms with E-state index in [1.165, 1.54) is 16.4 Å². The molecule has 2 aromatic carbocycles. The lowest BCUT2D eigenvalue weighted by Crippen LogP contribution is -2.57. The molecule has 6 atom stereocenters. The van der Waals surface area contributed by atoms with Crippen LogP contribution < -0.4 is 11.1 Å². The number of nitrogens with zero attached hydrogens (tertiary/aromatic N) is 1. The third-order valence-corrected chi connectivity index (χ3v) is 8.91. The minimum atomic E-state index is -3.78. The van der Waals surface area contributed by atoms with Crippen molar-refractivity contribution in [2.24, 2.45) is 5.92 Å². The van der Waals surface area contributed by atoms with Crippen LogP contribution in [0.15, 0.2) is 59.5 Å². The van der Waals surface area contributed by atoms with E-state index < -0.39 is 34.4 Å². The molecule has 0 aliphatic carbocycles. The summed E-state index contributed by atoms with van der Waals surface area (Å²) in [6.07, 6.45) is -1.06. The number of nitrogens with one attached hydrogen (secondary N) is 1. The van der Waals surface area contributed by atoms with Gasteiger partial charge >= 0.3 is 6.09 Å². The average molecular weight is 532 g/mol. The largest absolute Gasteiger partial charge is 0.443 e. The van der Waals surface area contributed by atoms with Crippen LogP contribution in [-0.4, -0.2) is 75.8 Å². The standard InChI is InChI=1S/C26H33N3O7S/c1-17-14-29(37(31,32)20-9-7-19(27)8-10-20)15-23(35-17)22(13-18-5-3-2-4-6-18)28-26(30)36-24-16-34-25-21(24)11-12-33-25/h2-10,17,21-25H,11-16,27H2,1H3,(H,28,30)/t17?,21-,22-,23+,24?,25+/m0/s1. The van der Waals surface area contributed by atoms with E-state index in [-0.39, 0.29) is 42.9 Å². The van der Waals surface area contributed by atoms with Gasteiger partial charge < -0.3 is 30.0 Å². The molecule has 3 aliphatic heterocycles. The van der Waals surface area contributed by atoms with Gasteiger partial charge in [0.25, 0.3) is 0 Å². The molecular weight excluding hydrogens is 498 g/mol. The first-order valence-electron chi connectivity index (χ1n) is 12.5. The molecular formula is C26H33N3O7S. The Morgan fingerprint density at radius 1 is 1.14 bits per heavy atom. The van der Waals surface area contributed by atoms with E-state index >= 15 is 0 Å². The van der Waals surface area contributed by atoms with Crippen molar-refractivity contribution in [1.82, 2.24) is 9.62 Å². The Labute approximate surface area is 217 Å². The Bertz CT molecular complexity index is 1180. The van der Waals surface area contributed by atoms with E-state index in [0.717, 1.165) is 12.0 Å². The number of sulfonamides is 1. The average Bonchev–Trinajstić information content (AvgIpc) is 3.49. The van der Waals surface area contributed by atoms with Crippen LogP contribution in [0, 0.1) is 5.92 Å². The zero-order valence-corrected chi connectivity index (χ0v) is 21.5. The lowest BCUT2D eigenvalue weighted by Gasteiger charge is -2.39. The number of alkyl carbamates (subject to hydrolysis) is 1. The molecule has 3 fully saturated rings. The van der Waals surface area contributed by atoms with Crippen molar-refractivity contribution in [3.8, 4) is 0 Å². The van der Waals surface area contributed by atoms with Crippen LogP contribution in [0.1, 0.15) is 18.9 Å². The first kappa shape index (κ1) is 25.9. The summed E-state index contributed by atoms with van der Waals surface area (Å²) in [5.41, 5.74) is 7.21. The summed E-state index contributed by atoms with van der Waals surface area (Å²) in [6, 6.07) is 15.3. The molecule has 1 amide bonds. The molecule has 11 heteroatoms. The van der Waals surface area contributed by atoms with Crippen molar-refractivity contribution in [3.05, 3.63) is 60.2 Å². The maximum absolute atomic E-state index is 13.4. The van der Waals surface area contributed by atoms with Gasteiger partial charge in [-0.1, -0.05) is 30.3 Å². The van der Waals surface area contributed by atoms with Gasteiger partial charge in [0.05, 0.1) is 42.3 Å². The van der Waals surface area contributed by atoms with E-state index in [1.807, 2.05) is 37.3 Å². The number of carbonyl (C=O) groups is 1. The van der Waals surface area contributed by atoms with E-state index in [4.69, 9.17) is 24.7 Å². The van der Waals surface area contributed by atoms with E-state index in [9.17, 15) is 13.2 Å². The van der Waals surface area contributed by atoms with Gasteiger partial charge in [-0.05, 0) is 49.6 Å². The van der Waals surface area contributed by atoms with Crippen molar-refractivity contribution >= 4 is 21.8 Å². The van der Waals surface area contributed by atoms with Gasteiger partial charge in [0.15, 0.2) is 6.29 Å². The molecule has 3 heterocycles. The fraction of sp³-hybridized carbons (Fsp3) is 0.500. The van der Waals surface area contributed by atoms with Gasteiger partial charge in [-0.15, -0.1) is 0 Å². The summed E-state index contributed by atoms with van der Waals surface area (Å²) in [5.74, 6) is 0.0184. The topological polar surface area (TPSA) is 129 Å². The lowest BCUT2D eigenvalue weighted by atomic mass is 10.00. The maximum atomic E-state index is 13.4. The van der Waals surface area contributed by atoms with E-state index in [2.05, 4.69) is 5.32 Å². The van der Waals surface area contributed by atoms with E-state index in [0.29, 0.717) is 18.7 Å². The summed E-state index contributed by atoms with van der Waals surface area (Å²) >= 11 is 0. The molecule has 37 heavy (non-hydrogen) atoms. The molecule has 3 aliphatic rings. The second-order valence-electron chi connectivity index (χ2n) is 9.79. The summed E-state index contributed by atoms with van der Waals surface area (Å²) < 4.78 is 51.3. The number of benzene rings is 2. The molecule has 200 valence electrons. The molecule has 10 nitrogen and oxygen atoms in total. The second kappa shape index (κ2) is 11.0. The van der Waals surface area contributed by atoms with Gasteiger partial charge in [-0.3, -0.25) is 0 Å². The zero-order valence-electron chi connectivity index (χ0n) is 20.7. The van der Waals surface area contributed by atoms with Crippen LogP contribution in [0.5, 0.6) is 0 Å². The maximum Gasteiger partial charge on any atom is 0.407 e. The normalized spacial score (nSPS) is 28.9. The highest BCUT2D eigenvalue weighted by atomic mass is 32.2. The van der Waals surface area contributed by atoms with Crippen molar-refractivity contribution in [3.63, 3.8) is 0 Å². The van der Waals surface area contributed by atoms with Crippen LogP contribution in [0.25, 0.3) is 0 Å². The van der Waals surface area contributed by atoms with Crippen LogP contribution in [0.3, 0.4) is 0 Å². The molecule has 3 saturated heterocycles. The molecule has 0 aromatic heterocycles. The first-order valence-corrected chi connectivity index (χ1v) is 14.0. The Morgan fingerprint density at radius 3 is 2.65 bits per heavy atom. The highest BCUT2D eigenvalue weighted by molar-refractivity contribution is 7.89. The molecule has 0 spiro atoms. The molecule has 0 radical (unpaired) electrons. The molecule has 5 rings (SSSR count). The van der Waals surface area contributed by atoms with Crippen LogP contribution in [0.4, 0.5) is 10.5 Å². The number of carbonyl (C=O) groups excluding carboxylic acids is 1. The second-order valence-corrected chi connectivity index (χ2v) is 11.7. The van der Waals surface area contributed by atoms with Crippen LogP contribution >= 0.6 is 0 Å². The van der Waals surface area contributed by atoms with Gasteiger partial charge in [-0.2, -0.15) is 4.31 Å². The molecule has 2 aromatic rings. The highest BCUT2D eigenvalue weighted by Gasteiger charge is 2.44. The highest BCUT2D eigenvalue weighted by Crippen LogP contribution is 2.33. The minimum absolute atomic E-state index is 0.0184. The molecule has 2 unspecified atom stereocenters. The third-order valence-electron chi connectivity index (χ3n) is 7.06. The Balaban J connectivity index is 1.33. The number of hydrogen-bond acceptors (Lipinski definition) is 8. The smallest absolute Gasteiger partial charge is 0.407 e. The summed E-state index contributed by atoms with van der Waals surface area (Å²) in [5, 5.41) is 2.96. The minimum Gasteiger partial charge on any atom is -0.443 e. The van der Waals surface area contributed by atoms with Gasteiger partial charge in [0.2, 0.25) is 10.0 Å². The predicted molar refractivity (Wildman–Crippen MR) is 135 cm³/mol. The SMILES string of the molecule is CC1CN(S(=O)(=O)c2ccc(N)cc2)C[C@H]([C@H](Cc2ccccc2)NC(=O)OC2CO[C@H]3OCC[C@@H]23)O1. The van der Waals surface area contributed by atoms with Crippen LogP contribution in [0.2, 0.25) is 0 Å². The molecule has 3 N–H and O–H groups in total.